The Balaban J connectivity index is 2.09. The number of hydrazone groups is 1. The van der Waals surface area contributed by atoms with E-state index in [1.807, 2.05) is 6.92 Å². The Morgan fingerprint density at radius 3 is 2.73 bits per heavy atom. The molecule has 2 aromatic carbocycles. The van der Waals surface area contributed by atoms with E-state index in [4.69, 9.17) is 4.74 Å². The number of hydrogen-bond donors (Lipinski definition) is 3. The minimum Gasteiger partial charge on any atom is -0.507 e. The van der Waals surface area contributed by atoms with Crippen LogP contribution in [0.1, 0.15) is 22.8 Å². The minimum atomic E-state index is -0.546. The first-order chi connectivity index (χ1) is 10.6. The SMILES string of the molecule is CCOc1cccc(C=NNC(=O)c2ccccc2O)c1O. The van der Waals surface area contributed by atoms with E-state index in [9.17, 15) is 15.0 Å². The summed E-state index contributed by atoms with van der Waals surface area (Å²) >= 11 is 0. The zero-order valence-corrected chi connectivity index (χ0v) is 12.0. The minimum absolute atomic E-state index is 0.0510. The molecule has 0 bridgehead atoms. The molecule has 22 heavy (non-hydrogen) atoms. The lowest BCUT2D eigenvalue weighted by molar-refractivity contribution is 0.0952. The molecule has 0 atom stereocenters. The van der Waals surface area contributed by atoms with E-state index in [2.05, 4.69) is 10.5 Å². The predicted octanol–water partition coefficient (Wildman–Crippen LogP) is 2.26. The maximum absolute atomic E-state index is 11.8. The molecule has 0 saturated carbocycles. The van der Waals surface area contributed by atoms with Crippen molar-refractivity contribution >= 4 is 12.1 Å². The summed E-state index contributed by atoms with van der Waals surface area (Å²) in [5.74, 6) is -0.380. The Kier molecular flexibility index (Phi) is 4.98. The summed E-state index contributed by atoms with van der Waals surface area (Å²) in [5.41, 5.74) is 2.81. The molecule has 0 aliphatic rings. The van der Waals surface area contributed by atoms with E-state index in [1.54, 1.807) is 30.3 Å². The number of hydrogen-bond acceptors (Lipinski definition) is 5. The Morgan fingerprint density at radius 1 is 1.23 bits per heavy atom. The van der Waals surface area contributed by atoms with Crippen molar-refractivity contribution in [3.8, 4) is 17.2 Å². The van der Waals surface area contributed by atoms with Gasteiger partial charge in [-0.05, 0) is 31.2 Å². The van der Waals surface area contributed by atoms with Gasteiger partial charge in [0, 0.05) is 5.56 Å². The van der Waals surface area contributed by atoms with Crippen molar-refractivity contribution in [1.82, 2.24) is 5.43 Å². The zero-order valence-electron chi connectivity index (χ0n) is 12.0. The lowest BCUT2D eigenvalue weighted by Crippen LogP contribution is -2.17. The second kappa shape index (κ2) is 7.12. The van der Waals surface area contributed by atoms with Crippen LogP contribution < -0.4 is 10.2 Å². The number of nitrogens with one attached hydrogen (secondary N) is 1. The Morgan fingerprint density at radius 2 is 2.00 bits per heavy atom. The molecule has 114 valence electrons. The summed E-state index contributed by atoms with van der Waals surface area (Å²) in [6, 6.07) is 11.1. The van der Waals surface area contributed by atoms with Crippen LogP contribution in [0.5, 0.6) is 17.2 Å². The van der Waals surface area contributed by atoms with Gasteiger partial charge in [-0.15, -0.1) is 0 Å². The summed E-state index contributed by atoms with van der Waals surface area (Å²) in [6.07, 6.45) is 1.30. The fourth-order valence-corrected chi connectivity index (χ4v) is 1.80. The van der Waals surface area contributed by atoms with Crippen LogP contribution in [0.3, 0.4) is 0 Å². The first-order valence-electron chi connectivity index (χ1n) is 6.69. The molecule has 0 aliphatic heterocycles. The Hall–Kier alpha value is -3.02. The number of benzene rings is 2. The average molecular weight is 300 g/mol. The van der Waals surface area contributed by atoms with E-state index in [0.29, 0.717) is 17.9 Å². The van der Waals surface area contributed by atoms with Gasteiger partial charge in [-0.2, -0.15) is 5.10 Å². The van der Waals surface area contributed by atoms with E-state index >= 15 is 0 Å². The van der Waals surface area contributed by atoms with Crippen molar-refractivity contribution in [2.45, 2.75) is 6.92 Å². The van der Waals surface area contributed by atoms with Crippen LogP contribution in [-0.2, 0) is 0 Å². The van der Waals surface area contributed by atoms with E-state index in [1.165, 1.54) is 18.3 Å². The number of nitrogens with zero attached hydrogens (tertiary/aromatic N) is 1. The third-order valence-electron chi connectivity index (χ3n) is 2.85. The predicted molar refractivity (Wildman–Crippen MR) is 82.4 cm³/mol. The van der Waals surface area contributed by atoms with Gasteiger partial charge in [0.1, 0.15) is 5.75 Å². The second-order valence-corrected chi connectivity index (χ2v) is 4.34. The first-order valence-corrected chi connectivity index (χ1v) is 6.69. The van der Waals surface area contributed by atoms with Crippen molar-refractivity contribution < 1.29 is 19.7 Å². The smallest absolute Gasteiger partial charge is 0.275 e. The van der Waals surface area contributed by atoms with Gasteiger partial charge < -0.3 is 14.9 Å². The van der Waals surface area contributed by atoms with Gasteiger partial charge in [-0.25, -0.2) is 5.43 Å². The van der Waals surface area contributed by atoms with Crippen molar-refractivity contribution in [3.63, 3.8) is 0 Å². The van der Waals surface area contributed by atoms with Gasteiger partial charge >= 0.3 is 0 Å². The fourth-order valence-electron chi connectivity index (χ4n) is 1.80. The zero-order chi connectivity index (χ0) is 15.9. The molecule has 1 amide bonds. The monoisotopic (exact) mass is 300 g/mol. The van der Waals surface area contributed by atoms with Crippen LogP contribution in [0.2, 0.25) is 0 Å². The largest absolute Gasteiger partial charge is 0.507 e. The highest BCUT2D eigenvalue weighted by Gasteiger charge is 2.09. The fraction of sp³-hybridized carbons (Fsp3) is 0.125. The molecular formula is C16H16N2O4. The number of carbonyl (C=O) groups is 1. The lowest BCUT2D eigenvalue weighted by Gasteiger charge is -2.07. The highest BCUT2D eigenvalue weighted by molar-refractivity contribution is 5.97. The highest BCUT2D eigenvalue weighted by Crippen LogP contribution is 2.28. The second-order valence-electron chi connectivity index (χ2n) is 4.34. The normalized spacial score (nSPS) is 10.6. The van der Waals surface area contributed by atoms with Crippen LogP contribution in [0.15, 0.2) is 47.6 Å². The van der Waals surface area contributed by atoms with Crippen molar-refractivity contribution in [3.05, 3.63) is 53.6 Å². The van der Waals surface area contributed by atoms with Crippen LogP contribution in [0.25, 0.3) is 0 Å². The van der Waals surface area contributed by atoms with Crippen LogP contribution in [-0.4, -0.2) is 28.9 Å². The molecule has 6 heteroatoms. The summed E-state index contributed by atoms with van der Waals surface area (Å²) < 4.78 is 5.26. The van der Waals surface area contributed by atoms with Crippen LogP contribution in [0, 0.1) is 0 Å². The number of amides is 1. The summed E-state index contributed by atoms with van der Waals surface area (Å²) in [4.78, 5) is 11.8. The van der Waals surface area contributed by atoms with Gasteiger partial charge in [0.05, 0.1) is 18.4 Å². The highest BCUT2D eigenvalue weighted by atomic mass is 16.5. The quantitative estimate of drug-likeness (QED) is 0.583. The molecule has 2 aromatic rings. The van der Waals surface area contributed by atoms with Gasteiger partial charge in [0.2, 0.25) is 0 Å². The molecule has 0 radical (unpaired) electrons. The third-order valence-corrected chi connectivity index (χ3v) is 2.85. The van der Waals surface area contributed by atoms with E-state index in [0.717, 1.165) is 0 Å². The number of phenols is 2. The standard InChI is InChI=1S/C16H16N2O4/c1-2-22-14-9-5-6-11(15(14)20)10-17-18-16(21)12-7-3-4-8-13(12)19/h3-10,19-20H,2H2,1H3,(H,18,21). The Bertz CT molecular complexity index is 698. The van der Waals surface area contributed by atoms with Crippen LogP contribution in [0.4, 0.5) is 0 Å². The van der Waals surface area contributed by atoms with E-state index in [-0.39, 0.29) is 17.1 Å². The molecule has 6 nitrogen and oxygen atoms in total. The van der Waals surface area contributed by atoms with Crippen molar-refractivity contribution in [2.24, 2.45) is 5.10 Å². The number of aromatic hydroxyl groups is 2. The molecule has 2 rings (SSSR count). The van der Waals surface area contributed by atoms with Crippen LogP contribution >= 0.6 is 0 Å². The molecular weight excluding hydrogens is 284 g/mol. The number of rotatable bonds is 5. The summed E-state index contributed by atoms with van der Waals surface area (Å²) in [6.45, 7) is 2.24. The maximum atomic E-state index is 11.8. The Labute approximate surface area is 127 Å². The molecule has 0 spiro atoms. The van der Waals surface area contributed by atoms with Gasteiger partial charge in [-0.3, -0.25) is 4.79 Å². The van der Waals surface area contributed by atoms with Gasteiger partial charge in [0.15, 0.2) is 11.5 Å². The van der Waals surface area contributed by atoms with Crippen molar-refractivity contribution in [1.29, 1.82) is 0 Å². The number of phenolic OH excluding ortho intramolecular Hbond substituents is 2. The molecule has 0 fully saturated rings. The number of para-hydroxylation sites is 2. The molecule has 0 saturated heterocycles. The van der Waals surface area contributed by atoms with Gasteiger partial charge in [-0.1, -0.05) is 18.2 Å². The molecule has 0 unspecified atom stereocenters. The third kappa shape index (κ3) is 3.54. The molecule has 0 aliphatic carbocycles. The van der Waals surface area contributed by atoms with Crippen molar-refractivity contribution in [2.75, 3.05) is 6.61 Å². The van der Waals surface area contributed by atoms with Gasteiger partial charge in [0.25, 0.3) is 5.91 Å². The summed E-state index contributed by atoms with van der Waals surface area (Å²) in [7, 11) is 0. The molecule has 0 aromatic heterocycles. The first kappa shape index (κ1) is 15.4. The number of ether oxygens (including phenoxy) is 1. The summed E-state index contributed by atoms with van der Waals surface area (Å²) in [5, 5.41) is 23.3. The molecule has 3 N–H and O–H groups in total. The lowest BCUT2D eigenvalue weighted by atomic mass is 10.2. The topological polar surface area (TPSA) is 91.2 Å². The number of carbonyl (C=O) groups excluding carboxylic acids is 1. The average Bonchev–Trinajstić information content (AvgIpc) is 2.51. The maximum Gasteiger partial charge on any atom is 0.275 e. The molecule has 0 heterocycles. The van der Waals surface area contributed by atoms with E-state index < -0.39 is 5.91 Å².